The molecule has 0 aromatic heterocycles. The number of carboxylic acid groups (broad SMARTS) is 1. The average molecular weight is 221 g/mol. The highest BCUT2D eigenvalue weighted by Crippen LogP contribution is 2.32. The highest BCUT2D eigenvalue weighted by atomic mass is 16.5. The minimum atomic E-state index is -0.873. The number of carboxylic acids is 1. The minimum absolute atomic E-state index is 0.0426. The molecular weight excluding hydrogens is 206 g/mol. The number of ether oxygens (including phenoxy) is 1. The summed E-state index contributed by atoms with van der Waals surface area (Å²) in [6, 6.07) is 3.43. The van der Waals surface area contributed by atoms with E-state index in [1.807, 2.05) is 19.1 Å². The van der Waals surface area contributed by atoms with Crippen LogP contribution in [0.25, 0.3) is 0 Å². The molecule has 0 saturated carbocycles. The summed E-state index contributed by atoms with van der Waals surface area (Å²) in [5.74, 6) is 0.0631. The van der Waals surface area contributed by atoms with Crippen molar-refractivity contribution in [3.63, 3.8) is 0 Å². The number of fused-ring (bicyclic) bond motifs is 1. The van der Waals surface area contributed by atoms with Gasteiger partial charge in [-0.25, -0.2) is 0 Å². The number of hydrogen-bond donors (Lipinski definition) is 2. The van der Waals surface area contributed by atoms with Gasteiger partial charge in [-0.05, 0) is 23.6 Å². The maximum Gasteiger partial charge on any atom is 0.305 e. The highest BCUT2D eigenvalue weighted by Gasteiger charge is 2.18. The van der Waals surface area contributed by atoms with Gasteiger partial charge in [0.25, 0.3) is 0 Å². The number of rotatable bonds is 3. The van der Waals surface area contributed by atoms with Gasteiger partial charge < -0.3 is 15.6 Å². The largest absolute Gasteiger partial charge is 0.493 e. The zero-order valence-corrected chi connectivity index (χ0v) is 9.19. The van der Waals surface area contributed by atoms with Gasteiger partial charge >= 0.3 is 5.97 Å². The van der Waals surface area contributed by atoms with E-state index in [4.69, 9.17) is 15.6 Å². The summed E-state index contributed by atoms with van der Waals surface area (Å²) in [6.07, 6.45) is 0.836. The molecule has 1 aromatic rings. The molecule has 3 N–H and O–H groups in total. The number of aryl methyl sites for hydroxylation is 1. The molecule has 1 atom stereocenters. The first-order chi connectivity index (χ1) is 7.58. The molecule has 1 aromatic carbocycles. The summed E-state index contributed by atoms with van der Waals surface area (Å²) >= 11 is 0. The lowest BCUT2D eigenvalue weighted by molar-refractivity contribution is -0.137. The maximum absolute atomic E-state index is 10.6. The fourth-order valence-corrected chi connectivity index (χ4v) is 2.05. The van der Waals surface area contributed by atoms with Crippen LogP contribution in [0.15, 0.2) is 12.1 Å². The van der Waals surface area contributed by atoms with Gasteiger partial charge in [-0.3, -0.25) is 4.79 Å². The molecule has 1 heterocycles. The third kappa shape index (κ3) is 2.02. The molecule has 4 nitrogen and oxygen atoms in total. The van der Waals surface area contributed by atoms with Gasteiger partial charge in [0, 0.05) is 12.5 Å². The Balaban J connectivity index is 2.29. The topological polar surface area (TPSA) is 72.6 Å². The highest BCUT2D eigenvalue weighted by molar-refractivity contribution is 5.68. The van der Waals surface area contributed by atoms with Crippen molar-refractivity contribution in [2.24, 2.45) is 5.73 Å². The van der Waals surface area contributed by atoms with Crippen LogP contribution < -0.4 is 10.5 Å². The summed E-state index contributed by atoms with van der Waals surface area (Å²) in [6.45, 7) is 2.66. The molecule has 1 aliphatic rings. The predicted octanol–water partition coefficient (Wildman–Crippen LogP) is 1.40. The van der Waals surface area contributed by atoms with E-state index < -0.39 is 12.0 Å². The Morgan fingerprint density at radius 1 is 1.62 bits per heavy atom. The Hall–Kier alpha value is -1.55. The Labute approximate surface area is 94.0 Å². The van der Waals surface area contributed by atoms with Gasteiger partial charge in [0.1, 0.15) is 5.75 Å². The summed E-state index contributed by atoms with van der Waals surface area (Å²) < 4.78 is 5.49. The fraction of sp³-hybridized carbons (Fsp3) is 0.417. The Morgan fingerprint density at radius 2 is 2.38 bits per heavy atom. The van der Waals surface area contributed by atoms with E-state index in [-0.39, 0.29) is 6.42 Å². The van der Waals surface area contributed by atoms with Gasteiger partial charge in [0.15, 0.2) is 0 Å². The molecule has 0 aliphatic carbocycles. The van der Waals surface area contributed by atoms with Crippen LogP contribution in [-0.4, -0.2) is 17.7 Å². The van der Waals surface area contributed by atoms with E-state index in [0.29, 0.717) is 6.61 Å². The first-order valence-electron chi connectivity index (χ1n) is 5.31. The van der Waals surface area contributed by atoms with Crippen molar-refractivity contribution in [3.05, 3.63) is 28.8 Å². The van der Waals surface area contributed by atoms with E-state index in [0.717, 1.165) is 28.9 Å². The Bertz CT molecular complexity index is 429. The number of nitrogens with two attached hydrogens (primary N) is 1. The Kier molecular flexibility index (Phi) is 2.83. The Morgan fingerprint density at radius 3 is 3.06 bits per heavy atom. The smallest absolute Gasteiger partial charge is 0.305 e. The molecule has 0 bridgehead atoms. The summed E-state index contributed by atoms with van der Waals surface area (Å²) in [5, 5.41) is 8.70. The normalized spacial score (nSPS) is 15.4. The lowest BCUT2D eigenvalue weighted by Gasteiger charge is -2.12. The van der Waals surface area contributed by atoms with Crippen molar-refractivity contribution in [2.45, 2.75) is 25.8 Å². The zero-order chi connectivity index (χ0) is 11.7. The molecule has 0 spiro atoms. The van der Waals surface area contributed by atoms with Crippen molar-refractivity contribution >= 4 is 5.97 Å². The third-order valence-corrected chi connectivity index (χ3v) is 2.81. The van der Waals surface area contributed by atoms with Crippen molar-refractivity contribution in [1.82, 2.24) is 0 Å². The van der Waals surface area contributed by atoms with Crippen LogP contribution in [0.1, 0.15) is 29.2 Å². The lowest BCUT2D eigenvalue weighted by atomic mass is 9.98. The van der Waals surface area contributed by atoms with Gasteiger partial charge in [-0.2, -0.15) is 0 Å². The second-order valence-electron chi connectivity index (χ2n) is 4.13. The second-order valence-corrected chi connectivity index (χ2v) is 4.13. The van der Waals surface area contributed by atoms with Crippen LogP contribution in [-0.2, 0) is 11.2 Å². The van der Waals surface area contributed by atoms with Crippen LogP contribution in [0.2, 0.25) is 0 Å². The predicted molar refractivity (Wildman–Crippen MR) is 59.6 cm³/mol. The summed E-state index contributed by atoms with van der Waals surface area (Å²) in [4.78, 5) is 10.6. The number of benzene rings is 1. The van der Waals surface area contributed by atoms with Crippen LogP contribution in [0.5, 0.6) is 5.75 Å². The quantitative estimate of drug-likeness (QED) is 0.809. The number of aliphatic carboxylic acids is 1. The van der Waals surface area contributed by atoms with E-state index >= 15 is 0 Å². The van der Waals surface area contributed by atoms with Crippen molar-refractivity contribution in [2.75, 3.05) is 6.61 Å². The van der Waals surface area contributed by atoms with Crippen molar-refractivity contribution < 1.29 is 14.6 Å². The van der Waals surface area contributed by atoms with Gasteiger partial charge in [0.05, 0.1) is 13.0 Å². The monoisotopic (exact) mass is 221 g/mol. The first kappa shape index (κ1) is 11.0. The molecule has 0 fully saturated rings. The van der Waals surface area contributed by atoms with Gasteiger partial charge in [-0.15, -0.1) is 0 Å². The molecule has 0 amide bonds. The maximum atomic E-state index is 10.6. The van der Waals surface area contributed by atoms with E-state index in [1.54, 1.807) is 0 Å². The zero-order valence-electron chi connectivity index (χ0n) is 9.19. The first-order valence-corrected chi connectivity index (χ1v) is 5.31. The van der Waals surface area contributed by atoms with Gasteiger partial charge in [-0.1, -0.05) is 12.1 Å². The molecule has 1 unspecified atom stereocenters. The molecule has 86 valence electrons. The molecular formula is C12H15NO3. The number of carbonyl (C=O) groups is 1. The van der Waals surface area contributed by atoms with Crippen LogP contribution in [0, 0.1) is 6.92 Å². The molecule has 1 aliphatic heterocycles. The number of hydrogen-bond acceptors (Lipinski definition) is 3. The lowest BCUT2D eigenvalue weighted by Crippen LogP contribution is -2.15. The van der Waals surface area contributed by atoms with E-state index in [1.165, 1.54) is 0 Å². The molecule has 0 radical (unpaired) electrons. The fourth-order valence-electron chi connectivity index (χ4n) is 2.05. The van der Waals surface area contributed by atoms with Crippen molar-refractivity contribution in [3.8, 4) is 5.75 Å². The van der Waals surface area contributed by atoms with Gasteiger partial charge in [0.2, 0.25) is 0 Å². The van der Waals surface area contributed by atoms with E-state index in [9.17, 15) is 4.79 Å². The summed E-state index contributed by atoms with van der Waals surface area (Å²) in [5.41, 5.74) is 8.88. The second kappa shape index (κ2) is 4.14. The standard InChI is InChI=1S/C12H15NO3/c1-7-4-9(10(13)6-11(14)15)5-8-2-3-16-12(7)8/h4-5,10H,2-3,6,13H2,1H3,(H,14,15). The molecule has 0 saturated heterocycles. The van der Waals surface area contributed by atoms with Crippen LogP contribution in [0.3, 0.4) is 0 Å². The molecule has 16 heavy (non-hydrogen) atoms. The van der Waals surface area contributed by atoms with Crippen LogP contribution in [0.4, 0.5) is 0 Å². The SMILES string of the molecule is Cc1cc(C(N)CC(=O)O)cc2c1OCC2. The van der Waals surface area contributed by atoms with E-state index in [2.05, 4.69) is 0 Å². The summed E-state index contributed by atoms with van der Waals surface area (Å²) in [7, 11) is 0. The molecule has 4 heteroatoms. The molecule has 2 rings (SSSR count). The third-order valence-electron chi connectivity index (χ3n) is 2.81. The average Bonchev–Trinajstić information content (AvgIpc) is 2.64. The van der Waals surface area contributed by atoms with Crippen molar-refractivity contribution in [1.29, 1.82) is 0 Å². The van der Waals surface area contributed by atoms with Crippen LogP contribution >= 0.6 is 0 Å². The minimum Gasteiger partial charge on any atom is -0.493 e.